The Morgan fingerprint density at radius 2 is 1.93 bits per heavy atom. The number of fused-ring (bicyclic) bond motifs is 1. The number of aromatic nitrogens is 4. The molecule has 0 saturated heterocycles. The van der Waals surface area contributed by atoms with E-state index in [0.29, 0.717) is 24.5 Å². The van der Waals surface area contributed by atoms with Crippen molar-refractivity contribution >= 4 is 23.2 Å². The fourth-order valence-corrected chi connectivity index (χ4v) is 3.11. The predicted molar refractivity (Wildman–Crippen MR) is 110 cm³/mol. The molecule has 8 nitrogen and oxygen atoms in total. The summed E-state index contributed by atoms with van der Waals surface area (Å²) in [6.07, 6.45) is 4.39. The van der Waals surface area contributed by atoms with Crippen molar-refractivity contribution < 1.29 is 13.9 Å². The number of esters is 1. The fraction of sp³-hybridized carbons (Fsp3) is 0.333. The molecule has 0 spiro atoms. The van der Waals surface area contributed by atoms with Crippen molar-refractivity contribution in [3.05, 3.63) is 68.4 Å². The number of unbranched alkanes of at least 4 members (excludes halogenated alkanes) is 1. The summed E-state index contributed by atoms with van der Waals surface area (Å²) < 4.78 is 21.3. The lowest BCUT2D eigenvalue weighted by Crippen LogP contribution is -2.31. The van der Waals surface area contributed by atoms with Crippen molar-refractivity contribution in [3.63, 3.8) is 0 Å². The highest BCUT2D eigenvalue weighted by Gasteiger charge is 2.18. The van der Waals surface area contributed by atoms with Crippen molar-refractivity contribution in [2.24, 2.45) is 0 Å². The summed E-state index contributed by atoms with van der Waals surface area (Å²) in [5, 5.41) is 0. The van der Waals surface area contributed by atoms with Gasteiger partial charge in [0.25, 0.3) is 5.56 Å². The molecule has 2 heterocycles. The molecular weight excluding hydrogens is 391 g/mol. The summed E-state index contributed by atoms with van der Waals surface area (Å²) in [6, 6.07) is 5.67. The van der Waals surface area contributed by atoms with Crippen LogP contribution in [0.5, 0.6) is 0 Å². The Kier molecular flexibility index (Phi) is 6.61. The van der Waals surface area contributed by atoms with Gasteiger partial charge in [-0.25, -0.2) is 19.0 Å². The van der Waals surface area contributed by atoms with Gasteiger partial charge in [0.2, 0.25) is 0 Å². The number of H-pyrrole nitrogens is 1. The molecule has 0 fully saturated rings. The van der Waals surface area contributed by atoms with Gasteiger partial charge >= 0.3 is 11.7 Å². The van der Waals surface area contributed by atoms with Crippen LogP contribution >= 0.6 is 0 Å². The molecule has 3 aromatic rings. The van der Waals surface area contributed by atoms with E-state index in [0.717, 1.165) is 12.8 Å². The zero-order valence-electron chi connectivity index (χ0n) is 16.9. The average Bonchev–Trinajstić information content (AvgIpc) is 3.10. The van der Waals surface area contributed by atoms with Gasteiger partial charge in [-0.3, -0.25) is 14.3 Å². The molecule has 0 aliphatic heterocycles. The molecule has 30 heavy (non-hydrogen) atoms. The van der Waals surface area contributed by atoms with Crippen LogP contribution in [0.2, 0.25) is 0 Å². The Hall–Kier alpha value is -3.49. The van der Waals surface area contributed by atoms with E-state index in [-0.39, 0.29) is 23.6 Å². The predicted octanol–water partition coefficient (Wildman–Crippen LogP) is 2.60. The molecule has 1 N–H and O–H groups in total. The SMILES string of the molecule is CCCCn1c(=O)[nH]c(=O)c2c1nc(COC(=O)/C=C/c1ccc(F)cc1)n2CC. The van der Waals surface area contributed by atoms with Crippen LogP contribution in [0.3, 0.4) is 0 Å². The second-order valence-electron chi connectivity index (χ2n) is 6.70. The lowest BCUT2D eigenvalue weighted by Gasteiger charge is -2.06. The van der Waals surface area contributed by atoms with Gasteiger partial charge in [0.1, 0.15) is 18.2 Å². The smallest absolute Gasteiger partial charge is 0.331 e. The monoisotopic (exact) mass is 414 g/mol. The lowest BCUT2D eigenvalue weighted by molar-refractivity contribution is -0.139. The number of nitrogens with one attached hydrogen (secondary N) is 1. The van der Waals surface area contributed by atoms with Crippen LogP contribution in [0.25, 0.3) is 17.2 Å². The summed E-state index contributed by atoms with van der Waals surface area (Å²) in [6.45, 7) is 4.54. The number of hydrogen-bond acceptors (Lipinski definition) is 5. The van der Waals surface area contributed by atoms with E-state index in [4.69, 9.17) is 4.74 Å². The maximum absolute atomic E-state index is 12.9. The van der Waals surface area contributed by atoms with Gasteiger partial charge in [-0.05, 0) is 37.1 Å². The van der Waals surface area contributed by atoms with E-state index in [9.17, 15) is 18.8 Å². The Balaban J connectivity index is 1.84. The number of hydrogen-bond donors (Lipinski definition) is 1. The fourth-order valence-electron chi connectivity index (χ4n) is 3.11. The van der Waals surface area contributed by atoms with Crippen molar-refractivity contribution in [1.82, 2.24) is 19.1 Å². The molecule has 1 aromatic carbocycles. The quantitative estimate of drug-likeness (QED) is 0.451. The highest BCUT2D eigenvalue weighted by atomic mass is 19.1. The van der Waals surface area contributed by atoms with Crippen LogP contribution in [0.15, 0.2) is 39.9 Å². The topological polar surface area (TPSA) is 99.0 Å². The van der Waals surface area contributed by atoms with Crippen LogP contribution in [-0.4, -0.2) is 25.1 Å². The first kappa shape index (κ1) is 21.2. The third-order valence-corrected chi connectivity index (χ3v) is 4.64. The van der Waals surface area contributed by atoms with Gasteiger partial charge in [-0.1, -0.05) is 25.5 Å². The summed E-state index contributed by atoms with van der Waals surface area (Å²) in [5.41, 5.74) is 0.187. The van der Waals surface area contributed by atoms with Crippen LogP contribution in [0, 0.1) is 5.82 Å². The summed E-state index contributed by atoms with van der Waals surface area (Å²) in [5.74, 6) is -0.593. The highest BCUT2D eigenvalue weighted by molar-refractivity contribution is 5.87. The minimum atomic E-state index is -0.605. The van der Waals surface area contributed by atoms with E-state index in [2.05, 4.69) is 9.97 Å². The Labute approximate surface area is 171 Å². The van der Waals surface area contributed by atoms with Crippen LogP contribution in [0.1, 0.15) is 38.1 Å². The normalized spacial score (nSPS) is 11.4. The van der Waals surface area contributed by atoms with Crippen molar-refractivity contribution in [2.75, 3.05) is 0 Å². The van der Waals surface area contributed by atoms with E-state index in [1.165, 1.54) is 41.0 Å². The lowest BCUT2D eigenvalue weighted by atomic mass is 10.2. The Morgan fingerprint density at radius 3 is 2.60 bits per heavy atom. The number of carbonyl (C=O) groups is 1. The van der Waals surface area contributed by atoms with E-state index < -0.39 is 17.2 Å². The molecule has 0 aliphatic rings. The summed E-state index contributed by atoms with van der Waals surface area (Å²) >= 11 is 0. The molecule has 0 bridgehead atoms. The molecule has 0 atom stereocenters. The number of halogens is 1. The first-order chi connectivity index (χ1) is 14.4. The molecule has 2 aromatic heterocycles. The third-order valence-electron chi connectivity index (χ3n) is 4.64. The first-order valence-corrected chi connectivity index (χ1v) is 9.77. The number of benzene rings is 1. The molecule has 0 radical (unpaired) electrons. The number of rotatable bonds is 8. The van der Waals surface area contributed by atoms with Crippen molar-refractivity contribution in [3.8, 4) is 0 Å². The van der Waals surface area contributed by atoms with E-state index in [1.807, 2.05) is 13.8 Å². The second kappa shape index (κ2) is 9.34. The number of aryl methyl sites for hydroxylation is 2. The maximum atomic E-state index is 12.9. The minimum Gasteiger partial charge on any atom is -0.454 e. The van der Waals surface area contributed by atoms with Gasteiger partial charge in [-0.2, -0.15) is 0 Å². The van der Waals surface area contributed by atoms with Gasteiger partial charge < -0.3 is 9.30 Å². The van der Waals surface area contributed by atoms with Gasteiger partial charge in [0, 0.05) is 19.2 Å². The molecule has 9 heteroatoms. The van der Waals surface area contributed by atoms with Crippen LogP contribution in [-0.2, 0) is 29.2 Å². The highest BCUT2D eigenvalue weighted by Crippen LogP contribution is 2.13. The minimum absolute atomic E-state index is 0.156. The van der Waals surface area contributed by atoms with Gasteiger partial charge in [-0.15, -0.1) is 0 Å². The number of imidazole rings is 1. The molecule has 0 amide bonds. The zero-order valence-corrected chi connectivity index (χ0v) is 16.9. The summed E-state index contributed by atoms with van der Waals surface area (Å²) in [4.78, 5) is 43.4. The van der Waals surface area contributed by atoms with E-state index in [1.54, 1.807) is 4.57 Å². The largest absolute Gasteiger partial charge is 0.454 e. The Bertz CT molecular complexity index is 1190. The average molecular weight is 414 g/mol. The van der Waals surface area contributed by atoms with Crippen LogP contribution < -0.4 is 11.2 Å². The number of aromatic amines is 1. The Morgan fingerprint density at radius 1 is 1.20 bits per heavy atom. The zero-order chi connectivity index (χ0) is 21.7. The number of nitrogens with zero attached hydrogens (tertiary/aromatic N) is 3. The van der Waals surface area contributed by atoms with E-state index >= 15 is 0 Å². The summed E-state index contributed by atoms with van der Waals surface area (Å²) in [7, 11) is 0. The molecule has 0 unspecified atom stereocenters. The van der Waals surface area contributed by atoms with Gasteiger partial charge in [0.05, 0.1) is 0 Å². The number of ether oxygens (including phenoxy) is 1. The van der Waals surface area contributed by atoms with Crippen molar-refractivity contribution in [1.29, 1.82) is 0 Å². The first-order valence-electron chi connectivity index (χ1n) is 9.77. The molecule has 158 valence electrons. The second-order valence-corrected chi connectivity index (χ2v) is 6.70. The maximum Gasteiger partial charge on any atom is 0.331 e. The van der Waals surface area contributed by atoms with Crippen molar-refractivity contribution in [2.45, 2.75) is 46.4 Å². The molecule has 3 rings (SSSR count). The number of carbonyl (C=O) groups excluding carboxylic acids is 1. The third kappa shape index (κ3) is 4.56. The molecular formula is C21H23FN4O4. The molecule has 0 saturated carbocycles. The van der Waals surface area contributed by atoms with Crippen LogP contribution in [0.4, 0.5) is 4.39 Å². The standard InChI is InChI=1S/C21H23FN4O4/c1-3-5-12-26-19-18(20(28)24-21(26)29)25(4-2)16(23-19)13-30-17(27)11-8-14-6-9-15(22)10-7-14/h6-11H,3-5,12-13H2,1-2H3,(H,24,28,29)/b11-8+. The molecule has 0 aliphatic carbocycles. The van der Waals surface area contributed by atoms with Gasteiger partial charge in [0.15, 0.2) is 11.2 Å².